The lowest BCUT2D eigenvalue weighted by Gasteiger charge is -2.11. The fraction of sp³-hybridized carbons (Fsp3) is 0.0256. The minimum Gasteiger partial charge on any atom is -0.497 e. The van der Waals surface area contributed by atoms with Gasteiger partial charge in [0.15, 0.2) is 14.7 Å². The molecule has 5 nitrogen and oxygen atoms in total. The molecular formula is C39H29O5S3+. The van der Waals surface area contributed by atoms with Gasteiger partial charge in [-0.15, -0.1) is 0 Å². The largest absolute Gasteiger partial charge is 0.497 e. The molecule has 7 aromatic rings. The molecule has 8 heteroatoms. The van der Waals surface area contributed by atoms with E-state index in [9.17, 15) is 16.8 Å². The second-order valence-electron chi connectivity index (χ2n) is 10.9. The van der Waals surface area contributed by atoms with Gasteiger partial charge in [0.1, 0.15) is 5.75 Å². The third-order valence-corrected chi connectivity index (χ3v) is 13.9. The van der Waals surface area contributed by atoms with Crippen molar-refractivity contribution >= 4 is 52.1 Å². The number of sulfone groups is 2. The Balaban J connectivity index is 1.24. The number of hydrogen-bond acceptors (Lipinski definition) is 5. The molecule has 0 heterocycles. The van der Waals surface area contributed by atoms with Gasteiger partial charge in [0.05, 0.1) is 37.6 Å². The lowest BCUT2D eigenvalue weighted by atomic mass is 10.1. The van der Waals surface area contributed by atoms with Crippen LogP contribution in [0.15, 0.2) is 192 Å². The van der Waals surface area contributed by atoms with Crippen molar-refractivity contribution in [2.75, 3.05) is 7.11 Å². The fourth-order valence-electron chi connectivity index (χ4n) is 5.57. The smallest absolute Gasteiger partial charge is 0.206 e. The summed E-state index contributed by atoms with van der Waals surface area (Å²) in [4.78, 5) is 3.62. The number of hydrogen-bond donors (Lipinski definition) is 0. The van der Waals surface area contributed by atoms with E-state index in [2.05, 4.69) is 0 Å². The second-order valence-corrected chi connectivity index (χ2v) is 16.9. The van der Waals surface area contributed by atoms with Gasteiger partial charge in [-0.25, -0.2) is 16.8 Å². The Morgan fingerprint density at radius 2 is 0.745 bits per heavy atom. The number of fused-ring (bicyclic) bond motifs is 2. The van der Waals surface area contributed by atoms with E-state index in [0.29, 0.717) is 5.75 Å². The number of benzene rings is 7. The molecule has 232 valence electrons. The lowest BCUT2D eigenvalue weighted by molar-refractivity contribution is 0.414. The van der Waals surface area contributed by atoms with Crippen molar-refractivity contribution in [3.05, 3.63) is 158 Å². The predicted molar refractivity (Wildman–Crippen MR) is 187 cm³/mol. The Kier molecular flexibility index (Phi) is 8.09. The van der Waals surface area contributed by atoms with E-state index >= 15 is 0 Å². The first kappa shape index (κ1) is 30.7. The quantitative estimate of drug-likeness (QED) is 0.151. The Bertz CT molecular complexity index is 2300. The summed E-state index contributed by atoms with van der Waals surface area (Å²) in [5.41, 5.74) is 0. The van der Waals surface area contributed by atoms with E-state index in [1.54, 1.807) is 55.6 Å². The molecule has 0 saturated heterocycles. The summed E-state index contributed by atoms with van der Waals surface area (Å²) in [6, 6.07) is 47.3. The molecule has 0 aliphatic heterocycles. The number of methoxy groups -OCH3 is 1. The highest BCUT2D eigenvalue weighted by molar-refractivity contribution is 7.97. The van der Waals surface area contributed by atoms with Crippen molar-refractivity contribution in [2.24, 2.45) is 0 Å². The van der Waals surface area contributed by atoms with E-state index in [4.69, 9.17) is 4.74 Å². The van der Waals surface area contributed by atoms with Crippen LogP contribution in [-0.2, 0) is 30.6 Å². The molecular weight excluding hydrogens is 645 g/mol. The summed E-state index contributed by atoms with van der Waals surface area (Å²) in [5, 5.41) is 3.66. The summed E-state index contributed by atoms with van der Waals surface area (Å²) in [7, 11) is -6.56. The van der Waals surface area contributed by atoms with Gasteiger partial charge in [-0.3, -0.25) is 0 Å². The van der Waals surface area contributed by atoms with Crippen molar-refractivity contribution in [1.29, 1.82) is 0 Å². The third kappa shape index (κ3) is 5.91. The van der Waals surface area contributed by atoms with Crippen LogP contribution in [-0.4, -0.2) is 23.9 Å². The fourth-order valence-corrected chi connectivity index (χ4v) is 10.2. The van der Waals surface area contributed by atoms with Crippen LogP contribution in [0.2, 0.25) is 0 Å². The minimum atomic E-state index is -3.75. The molecule has 7 rings (SSSR count). The van der Waals surface area contributed by atoms with Crippen LogP contribution in [0.4, 0.5) is 0 Å². The normalized spacial score (nSPS) is 12.0. The average molecular weight is 674 g/mol. The summed E-state index contributed by atoms with van der Waals surface area (Å²) in [6.07, 6.45) is 0. The van der Waals surface area contributed by atoms with E-state index < -0.39 is 30.6 Å². The maximum atomic E-state index is 13.6. The van der Waals surface area contributed by atoms with E-state index in [-0.39, 0.29) is 19.6 Å². The highest BCUT2D eigenvalue weighted by Crippen LogP contribution is 2.35. The van der Waals surface area contributed by atoms with Crippen molar-refractivity contribution in [3.8, 4) is 5.75 Å². The van der Waals surface area contributed by atoms with Gasteiger partial charge in [-0.1, -0.05) is 60.7 Å². The second kappa shape index (κ2) is 12.4. The van der Waals surface area contributed by atoms with Crippen LogP contribution < -0.4 is 4.74 Å². The van der Waals surface area contributed by atoms with E-state index in [0.717, 1.165) is 36.2 Å². The molecule has 0 amide bonds. The molecule has 0 radical (unpaired) electrons. The SMILES string of the molecule is COc1ccc([S+](c2ccc(S(=O)(=O)c3ccc4ccccc4c3)cc2)c2ccc(S(=O)(=O)c3ccc4ccccc4c3)cc2)cc1. The molecule has 0 unspecified atom stereocenters. The van der Waals surface area contributed by atoms with Gasteiger partial charge in [-0.2, -0.15) is 0 Å². The van der Waals surface area contributed by atoms with Gasteiger partial charge in [0.2, 0.25) is 19.7 Å². The highest BCUT2D eigenvalue weighted by Gasteiger charge is 2.31. The maximum absolute atomic E-state index is 13.6. The lowest BCUT2D eigenvalue weighted by Crippen LogP contribution is -2.08. The molecule has 7 aromatic carbocycles. The van der Waals surface area contributed by atoms with Crippen LogP contribution in [0, 0.1) is 0 Å². The first-order valence-corrected chi connectivity index (χ1v) is 19.0. The standard InChI is InChI=1S/C39H29O5S3/c1-44-32-12-14-33(15-13-32)45(34-16-22-36(23-17-34)46(40,41)38-20-10-28-6-2-4-8-30(28)26-38)35-18-24-37(25-19-35)47(42,43)39-21-11-29-7-3-5-9-31(29)27-39/h2-27H,1H3/q+1. The maximum Gasteiger partial charge on any atom is 0.206 e. The van der Waals surface area contributed by atoms with Crippen LogP contribution >= 0.6 is 0 Å². The summed E-state index contributed by atoms with van der Waals surface area (Å²) >= 11 is 0. The first-order chi connectivity index (χ1) is 22.7. The molecule has 0 atom stereocenters. The predicted octanol–water partition coefficient (Wildman–Crippen LogP) is 8.76. The molecule has 0 saturated carbocycles. The summed E-state index contributed by atoms with van der Waals surface area (Å²) < 4.78 is 59.9. The number of ether oxygens (including phenoxy) is 1. The first-order valence-electron chi connectivity index (χ1n) is 14.8. The molecule has 0 bridgehead atoms. The van der Waals surface area contributed by atoms with Crippen LogP contribution in [0.1, 0.15) is 0 Å². The molecule has 0 N–H and O–H groups in total. The Morgan fingerprint density at radius 3 is 1.13 bits per heavy atom. The van der Waals surface area contributed by atoms with Crippen molar-refractivity contribution < 1.29 is 21.6 Å². The van der Waals surface area contributed by atoms with Crippen molar-refractivity contribution in [2.45, 2.75) is 34.3 Å². The van der Waals surface area contributed by atoms with Crippen LogP contribution in [0.3, 0.4) is 0 Å². The highest BCUT2D eigenvalue weighted by atomic mass is 32.2. The zero-order valence-electron chi connectivity index (χ0n) is 25.3. The average Bonchev–Trinajstić information content (AvgIpc) is 3.12. The van der Waals surface area contributed by atoms with Crippen LogP contribution in [0.25, 0.3) is 21.5 Å². The minimum absolute atomic E-state index is 0.201. The van der Waals surface area contributed by atoms with Gasteiger partial charge in [0, 0.05) is 0 Å². The molecule has 0 fully saturated rings. The molecule has 47 heavy (non-hydrogen) atoms. The molecule has 0 spiro atoms. The zero-order chi connectivity index (χ0) is 32.6. The van der Waals surface area contributed by atoms with Gasteiger partial charge in [0.25, 0.3) is 0 Å². The zero-order valence-corrected chi connectivity index (χ0v) is 27.7. The third-order valence-electron chi connectivity index (χ3n) is 8.10. The summed E-state index contributed by atoms with van der Waals surface area (Å²) in [5.74, 6) is 0.714. The monoisotopic (exact) mass is 673 g/mol. The van der Waals surface area contributed by atoms with Crippen LogP contribution in [0.5, 0.6) is 5.75 Å². The van der Waals surface area contributed by atoms with E-state index in [1.165, 1.54) is 0 Å². The van der Waals surface area contributed by atoms with Gasteiger partial charge >= 0.3 is 0 Å². The van der Waals surface area contributed by atoms with Gasteiger partial charge in [-0.05, 0) is 119 Å². The van der Waals surface area contributed by atoms with Crippen molar-refractivity contribution in [1.82, 2.24) is 0 Å². The number of rotatable bonds is 8. The van der Waals surface area contributed by atoms with E-state index in [1.807, 2.05) is 109 Å². The van der Waals surface area contributed by atoms with Gasteiger partial charge < -0.3 is 4.74 Å². The Morgan fingerprint density at radius 1 is 0.404 bits per heavy atom. The summed E-state index contributed by atoms with van der Waals surface area (Å²) in [6.45, 7) is 0. The van der Waals surface area contributed by atoms with Crippen molar-refractivity contribution in [3.63, 3.8) is 0 Å². The molecule has 0 aliphatic rings. The topological polar surface area (TPSA) is 77.5 Å². The molecule has 0 aromatic heterocycles. The molecule has 0 aliphatic carbocycles. The Labute approximate surface area is 277 Å². The Hall–Kier alpha value is -4.89.